The van der Waals surface area contributed by atoms with E-state index in [1.54, 1.807) is 26.0 Å². The molecule has 180 valence electrons. The first-order valence-electron chi connectivity index (χ1n) is 10.4. The Balaban J connectivity index is 1.68. The van der Waals surface area contributed by atoms with Crippen molar-refractivity contribution in [1.29, 1.82) is 0 Å². The quantitative estimate of drug-likeness (QED) is 0.262. The van der Waals surface area contributed by atoms with Crippen LogP contribution in [0.4, 0.5) is 13.2 Å². The molecule has 0 unspecified atom stereocenters. The Hall–Kier alpha value is -3.78. The molecule has 35 heavy (non-hydrogen) atoms. The largest absolute Gasteiger partial charge is 0.485 e. The Labute approximate surface area is 202 Å². The summed E-state index contributed by atoms with van der Waals surface area (Å²) >= 11 is 5.80. The van der Waals surface area contributed by atoms with Crippen molar-refractivity contribution in [2.24, 2.45) is 0 Å². The highest BCUT2D eigenvalue weighted by molar-refractivity contribution is 6.30. The van der Waals surface area contributed by atoms with E-state index in [-0.39, 0.29) is 34.9 Å². The Bertz CT molecular complexity index is 1450. The van der Waals surface area contributed by atoms with Gasteiger partial charge in [0.1, 0.15) is 17.1 Å². The molecule has 9 heteroatoms. The van der Waals surface area contributed by atoms with Crippen molar-refractivity contribution in [3.8, 4) is 17.2 Å². The lowest BCUT2D eigenvalue weighted by molar-refractivity contribution is -0.154. The SMILES string of the molecule is Cc1cc(C)cc(Oc2c(C(F)(F)F)oc3cc(OCC(=O)c4ccc(Cl)cc4)ccc3c2=O)c1. The maximum Gasteiger partial charge on any atom is 0.453 e. The van der Waals surface area contributed by atoms with Crippen molar-refractivity contribution < 1.29 is 31.9 Å². The van der Waals surface area contributed by atoms with Gasteiger partial charge in [-0.05, 0) is 73.5 Å². The second kappa shape index (κ2) is 9.46. The van der Waals surface area contributed by atoms with Crippen LogP contribution < -0.4 is 14.9 Å². The number of hydrogen-bond donors (Lipinski definition) is 0. The average molecular weight is 503 g/mol. The van der Waals surface area contributed by atoms with Gasteiger partial charge < -0.3 is 13.9 Å². The lowest BCUT2D eigenvalue weighted by Gasteiger charge is -2.14. The highest BCUT2D eigenvalue weighted by Gasteiger charge is 2.40. The van der Waals surface area contributed by atoms with Gasteiger partial charge in [-0.2, -0.15) is 13.2 Å². The molecule has 0 saturated heterocycles. The molecule has 3 aromatic carbocycles. The number of carbonyl (C=O) groups excluding carboxylic acids is 1. The normalized spacial score (nSPS) is 11.5. The molecule has 0 aliphatic rings. The number of aryl methyl sites for hydroxylation is 2. The van der Waals surface area contributed by atoms with E-state index in [2.05, 4.69) is 0 Å². The predicted octanol–water partition coefficient (Wildman–Crippen LogP) is 7.14. The van der Waals surface area contributed by atoms with E-state index in [9.17, 15) is 22.8 Å². The lowest BCUT2D eigenvalue weighted by Crippen LogP contribution is -2.16. The highest BCUT2D eigenvalue weighted by atomic mass is 35.5. The van der Waals surface area contributed by atoms with Crippen molar-refractivity contribution in [3.05, 3.63) is 98.4 Å². The van der Waals surface area contributed by atoms with Crippen LogP contribution in [0, 0.1) is 13.8 Å². The molecule has 0 spiro atoms. The summed E-state index contributed by atoms with van der Waals surface area (Å²) in [6.07, 6.45) is -5.00. The van der Waals surface area contributed by atoms with E-state index in [1.807, 2.05) is 6.07 Å². The molecule has 0 amide bonds. The predicted molar refractivity (Wildman–Crippen MR) is 125 cm³/mol. The minimum Gasteiger partial charge on any atom is -0.485 e. The Morgan fingerprint density at radius 2 is 1.60 bits per heavy atom. The van der Waals surface area contributed by atoms with Gasteiger partial charge in [-0.1, -0.05) is 17.7 Å². The number of Topliss-reactive ketones (excluding diaryl/α,β-unsaturated/α-hetero) is 1. The molecule has 1 heterocycles. The van der Waals surface area contributed by atoms with Gasteiger partial charge in [0.05, 0.1) is 5.39 Å². The smallest absolute Gasteiger partial charge is 0.453 e. The summed E-state index contributed by atoms with van der Waals surface area (Å²) in [7, 11) is 0. The molecule has 0 N–H and O–H groups in total. The van der Waals surface area contributed by atoms with Crippen LogP contribution in [0.1, 0.15) is 27.2 Å². The molecule has 4 rings (SSSR count). The summed E-state index contributed by atoms with van der Waals surface area (Å²) in [4.78, 5) is 25.3. The van der Waals surface area contributed by atoms with Crippen LogP contribution >= 0.6 is 11.6 Å². The topological polar surface area (TPSA) is 65.7 Å². The first kappa shape index (κ1) is 24.3. The van der Waals surface area contributed by atoms with Gasteiger partial charge in [0.25, 0.3) is 5.76 Å². The number of ether oxygens (including phenoxy) is 2. The Morgan fingerprint density at radius 3 is 2.23 bits per heavy atom. The third-order valence-electron chi connectivity index (χ3n) is 5.03. The third-order valence-corrected chi connectivity index (χ3v) is 5.28. The second-order valence-electron chi connectivity index (χ2n) is 7.89. The fourth-order valence-electron chi connectivity index (χ4n) is 3.50. The summed E-state index contributed by atoms with van der Waals surface area (Å²) < 4.78 is 57.3. The number of hydrogen-bond acceptors (Lipinski definition) is 5. The maximum atomic E-state index is 13.8. The van der Waals surface area contributed by atoms with Crippen molar-refractivity contribution >= 4 is 28.4 Å². The van der Waals surface area contributed by atoms with Gasteiger partial charge >= 0.3 is 6.18 Å². The summed E-state index contributed by atoms with van der Waals surface area (Å²) in [6, 6.07) is 14.8. The van der Waals surface area contributed by atoms with Crippen LogP contribution in [0.5, 0.6) is 17.2 Å². The minimum atomic E-state index is -5.00. The number of halogens is 4. The number of alkyl halides is 3. The summed E-state index contributed by atoms with van der Waals surface area (Å²) in [5, 5.41) is 0.335. The number of benzene rings is 3. The number of fused-ring (bicyclic) bond motifs is 1. The van der Waals surface area contributed by atoms with Crippen LogP contribution in [0.3, 0.4) is 0 Å². The average Bonchev–Trinajstić information content (AvgIpc) is 2.78. The van der Waals surface area contributed by atoms with Gasteiger partial charge in [-0.15, -0.1) is 0 Å². The van der Waals surface area contributed by atoms with Crippen molar-refractivity contribution in [2.75, 3.05) is 6.61 Å². The molecule has 0 bridgehead atoms. The molecule has 1 aromatic heterocycles. The van der Waals surface area contributed by atoms with E-state index in [1.165, 1.54) is 36.4 Å². The third kappa shape index (κ3) is 5.49. The summed E-state index contributed by atoms with van der Waals surface area (Å²) in [6.45, 7) is 3.14. The fourth-order valence-corrected chi connectivity index (χ4v) is 3.63. The van der Waals surface area contributed by atoms with E-state index in [4.69, 9.17) is 25.5 Å². The van der Waals surface area contributed by atoms with Crippen molar-refractivity contribution in [2.45, 2.75) is 20.0 Å². The number of rotatable bonds is 6. The van der Waals surface area contributed by atoms with Gasteiger partial charge in [0.15, 0.2) is 12.4 Å². The second-order valence-corrected chi connectivity index (χ2v) is 8.33. The standard InChI is InChI=1S/C26H18ClF3O5/c1-14-9-15(2)11-19(10-14)34-24-23(32)20-8-7-18(12-22(20)35-25(24)26(28,29)30)33-13-21(31)16-3-5-17(27)6-4-16/h3-12H,13H2,1-2H3. The van der Waals surface area contributed by atoms with Crippen molar-refractivity contribution in [3.63, 3.8) is 0 Å². The van der Waals surface area contributed by atoms with Gasteiger partial charge in [-0.25, -0.2) is 0 Å². The Kier molecular flexibility index (Phi) is 6.58. The van der Waals surface area contributed by atoms with Crippen molar-refractivity contribution in [1.82, 2.24) is 0 Å². The van der Waals surface area contributed by atoms with Crippen LogP contribution in [0.15, 0.2) is 69.9 Å². The number of carbonyl (C=O) groups is 1. The molecule has 4 aromatic rings. The number of ketones is 1. The lowest BCUT2D eigenvalue weighted by atomic mass is 10.1. The molecular formula is C26H18ClF3O5. The van der Waals surface area contributed by atoms with Crippen LogP contribution in [0.2, 0.25) is 5.02 Å². The summed E-state index contributed by atoms with van der Waals surface area (Å²) in [5.41, 5.74) is 0.532. The fraction of sp³-hybridized carbons (Fsp3) is 0.154. The molecule has 0 aliphatic carbocycles. The van der Waals surface area contributed by atoms with Gasteiger partial charge in [0.2, 0.25) is 11.2 Å². The minimum absolute atomic E-state index is 0.0547. The molecular weight excluding hydrogens is 485 g/mol. The summed E-state index contributed by atoms with van der Waals surface area (Å²) in [5.74, 6) is -2.75. The zero-order valence-corrected chi connectivity index (χ0v) is 19.3. The molecule has 0 aliphatic heterocycles. The van der Waals surface area contributed by atoms with Crippen LogP contribution in [0.25, 0.3) is 11.0 Å². The van der Waals surface area contributed by atoms with E-state index >= 15 is 0 Å². The Morgan fingerprint density at radius 1 is 0.943 bits per heavy atom. The van der Waals surface area contributed by atoms with E-state index in [0.29, 0.717) is 10.6 Å². The van der Waals surface area contributed by atoms with Crippen LogP contribution in [-0.2, 0) is 6.18 Å². The first-order chi connectivity index (χ1) is 16.5. The molecule has 5 nitrogen and oxygen atoms in total. The van der Waals surface area contributed by atoms with E-state index in [0.717, 1.165) is 17.2 Å². The monoisotopic (exact) mass is 502 g/mol. The maximum absolute atomic E-state index is 13.8. The van der Waals surface area contributed by atoms with Crippen LogP contribution in [-0.4, -0.2) is 12.4 Å². The van der Waals surface area contributed by atoms with Gasteiger partial charge in [-0.3, -0.25) is 9.59 Å². The first-order valence-corrected chi connectivity index (χ1v) is 10.7. The van der Waals surface area contributed by atoms with Gasteiger partial charge in [0, 0.05) is 16.7 Å². The zero-order chi connectivity index (χ0) is 25.3. The molecule has 0 radical (unpaired) electrons. The molecule has 0 saturated carbocycles. The molecule has 0 fully saturated rings. The van der Waals surface area contributed by atoms with E-state index < -0.39 is 23.1 Å². The highest BCUT2D eigenvalue weighted by Crippen LogP contribution is 2.39. The zero-order valence-electron chi connectivity index (χ0n) is 18.5. The molecule has 0 atom stereocenters.